The van der Waals surface area contributed by atoms with Crippen molar-refractivity contribution in [1.29, 1.82) is 0 Å². The summed E-state index contributed by atoms with van der Waals surface area (Å²) in [6, 6.07) is 8.69. The summed E-state index contributed by atoms with van der Waals surface area (Å²) in [6.45, 7) is 3.75. The van der Waals surface area contributed by atoms with Crippen molar-refractivity contribution in [1.82, 2.24) is 14.8 Å². The van der Waals surface area contributed by atoms with Gasteiger partial charge in [-0.25, -0.2) is 14.5 Å². The number of benzene rings is 1. The monoisotopic (exact) mass is 258 g/mol. The average molecular weight is 258 g/mol. The first kappa shape index (κ1) is 12.9. The van der Waals surface area contributed by atoms with Gasteiger partial charge in [0.2, 0.25) is 0 Å². The molecule has 19 heavy (non-hydrogen) atoms. The molecule has 0 unspecified atom stereocenters. The number of oxime groups is 1. The molecule has 0 aliphatic heterocycles. The second kappa shape index (κ2) is 5.43. The summed E-state index contributed by atoms with van der Waals surface area (Å²) >= 11 is 0. The lowest BCUT2D eigenvalue weighted by Gasteiger charge is -2.18. The topological polar surface area (TPSA) is 69.4 Å². The fourth-order valence-electron chi connectivity index (χ4n) is 1.40. The van der Waals surface area contributed by atoms with Crippen LogP contribution in [-0.4, -0.2) is 26.9 Å². The van der Waals surface area contributed by atoms with Gasteiger partial charge < -0.3 is 4.84 Å². The van der Waals surface area contributed by atoms with E-state index in [9.17, 15) is 4.79 Å². The van der Waals surface area contributed by atoms with Crippen LogP contribution in [0.4, 0.5) is 0 Å². The van der Waals surface area contributed by atoms with E-state index >= 15 is 0 Å². The number of hydrogen-bond donors (Lipinski definition) is 0. The first-order chi connectivity index (χ1) is 9.09. The van der Waals surface area contributed by atoms with Crippen molar-refractivity contribution >= 4 is 12.2 Å². The molecule has 6 heteroatoms. The van der Waals surface area contributed by atoms with E-state index in [0.717, 1.165) is 0 Å². The van der Waals surface area contributed by atoms with Crippen molar-refractivity contribution in [3.63, 3.8) is 0 Å². The van der Waals surface area contributed by atoms with E-state index in [2.05, 4.69) is 15.2 Å². The fraction of sp³-hybridized carbons (Fsp3) is 0.231. The lowest BCUT2D eigenvalue weighted by atomic mass is 10.1. The molecule has 0 saturated heterocycles. The smallest absolute Gasteiger partial charge is 0.313 e. The Morgan fingerprint density at radius 3 is 2.74 bits per heavy atom. The number of carbonyl (C=O) groups excluding carboxylic acids is 1. The highest BCUT2D eigenvalue weighted by molar-refractivity contribution is 5.89. The summed E-state index contributed by atoms with van der Waals surface area (Å²) in [5, 5.41) is 7.73. The Labute approximate surface area is 110 Å². The van der Waals surface area contributed by atoms with Gasteiger partial charge in [0.25, 0.3) is 0 Å². The molecule has 2 aromatic rings. The maximum absolute atomic E-state index is 11.6. The molecule has 1 aromatic heterocycles. The molecule has 0 atom stereocenters. The van der Waals surface area contributed by atoms with Crippen LogP contribution in [0.3, 0.4) is 0 Å². The van der Waals surface area contributed by atoms with E-state index in [-0.39, 0.29) is 0 Å². The Balaban J connectivity index is 1.99. The van der Waals surface area contributed by atoms with E-state index in [1.165, 1.54) is 12.5 Å². The van der Waals surface area contributed by atoms with E-state index in [1.54, 1.807) is 35.3 Å². The quantitative estimate of drug-likeness (QED) is 0.477. The first-order valence-electron chi connectivity index (χ1n) is 5.75. The van der Waals surface area contributed by atoms with Crippen molar-refractivity contribution in [3.05, 3.63) is 48.5 Å². The Bertz CT molecular complexity index is 562. The van der Waals surface area contributed by atoms with Gasteiger partial charge in [0.15, 0.2) is 0 Å². The third-order valence-corrected chi connectivity index (χ3v) is 2.52. The third-order valence-electron chi connectivity index (χ3n) is 2.52. The second-order valence-corrected chi connectivity index (χ2v) is 4.47. The third kappa shape index (κ3) is 3.25. The molecule has 0 radical (unpaired) electrons. The molecule has 98 valence electrons. The van der Waals surface area contributed by atoms with Crippen LogP contribution in [0.15, 0.2) is 48.1 Å². The molecule has 0 saturated carbocycles. The Kier molecular flexibility index (Phi) is 3.70. The van der Waals surface area contributed by atoms with Crippen LogP contribution in [0.1, 0.15) is 24.2 Å². The molecule has 0 spiro atoms. The Hall–Kier alpha value is -2.50. The molecule has 0 fully saturated rings. The molecular formula is C13H14N4O2. The van der Waals surface area contributed by atoms with Crippen LogP contribution in [0.2, 0.25) is 0 Å². The van der Waals surface area contributed by atoms with Crippen molar-refractivity contribution in [2.45, 2.75) is 19.4 Å². The second-order valence-electron chi connectivity index (χ2n) is 4.47. The highest BCUT2D eigenvalue weighted by Gasteiger charge is 2.18. The van der Waals surface area contributed by atoms with Crippen molar-refractivity contribution in [3.8, 4) is 0 Å². The van der Waals surface area contributed by atoms with E-state index in [1.807, 2.05) is 19.9 Å². The minimum Gasteiger partial charge on any atom is -0.313 e. The van der Waals surface area contributed by atoms with Gasteiger partial charge in [-0.3, -0.25) is 0 Å². The maximum atomic E-state index is 11.6. The van der Waals surface area contributed by atoms with Gasteiger partial charge in [-0.15, -0.1) is 0 Å². The van der Waals surface area contributed by atoms with Crippen LogP contribution >= 0.6 is 0 Å². The van der Waals surface area contributed by atoms with E-state index in [4.69, 9.17) is 4.84 Å². The van der Waals surface area contributed by atoms with Crippen LogP contribution in [-0.2, 0) is 10.4 Å². The molecule has 1 heterocycles. The SMILES string of the molecule is CC(C)(C=NOC(=O)c1ccccc1)n1cncn1. The largest absolute Gasteiger partial charge is 0.365 e. The molecule has 0 aliphatic rings. The first-order valence-corrected chi connectivity index (χ1v) is 5.75. The predicted octanol–water partition coefficient (Wildman–Crippen LogP) is 1.86. The van der Waals surface area contributed by atoms with Gasteiger partial charge in [0.05, 0.1) is 17.3 Å². The molecule has 6 nitrogen and oxygen atoms in total. The molecule has 1 aromatic carbocycles. The van der Waals surface area contributed by atoms with Crippen LogP contribution in [0, 0.1) is 0 Å². The molecule has 0 aliphatic carbocycles. The lowest BCUT2D eigenvalue weighted by molar-refractivity contribution is 0.0515. The number of rotatable bonds is 4. The Morgan fingerprint density at radius 2 is 2.11 bits per heavy atom. The fourth-order valence-corrected chi connectivity index (χ4v) is 1.40. The van der Waals surface area contributed by atoms with Crippen molar-refractivity contribution in [2.24, 2.45) is 5.16 Å². The number of carbonyl (C=O) groups is 1. The molecule has 0 amide bonds. The highest BCUT2D eigenvalue weighted by Crippen LogP contribution is 2.09. The van der Waals surface area contributed by atoms with E-state index in [0.29, 0.717) is 5.56 Å². The van der Waals surface area contributed by atoms with Gasteiger partial charge in [-0.1, -0.05) is 23.4 Å². The maximum Gasteiger partial charge on any atom is 0.365 e. The van der Waals surface area contributed by atoms with Crippen LogP contribution in [0.25, 0.3) is 0 Å². The zero-order valence-corrected chi connectivity index (χ0v) is 10.7. The standard InChI is InChI=1S/C13H14N4O2/c1-13(2,17-10-14-9-15-17)8-16-19-12(18)11-6-4-3-5-7-11/h3-10H,1-2H3. The normalized spacial score (nSPS) is 11.7. The van der Waals surface area contributed by atoms with Gasteiger partial charge >= 0.3 is 5.97 Å². The summed E-state index contributed by atoms with van der Waals surface area (Å²) in [7, 11) is 0. The van der Waals surface area contributed by atoms with Crippen LogP contribution in [0.5, 0.6) is 0 Å². The molecule has 0 N–H and O–H groups in total. The number of nitrogens with zero attached hydrogens (tertiary/aromatic N) is 4. The average Bonchev–Trinajstić information content (AvgIpc) is 2.94. The summed E-state index contributed by atoms with van der Waals surface area (Å²) < 4.78 is 1.62. The number of hydrogen-bond acceptors (Lipinski definition) is 5. The Morgan fingerprint density at radius 1 is 1.37 bits per heavy atom. The van der Waals surface area contributed by atoms with Gasteiger partial charge in [0.1, 0.15) is 12.7 Å². The molecule has 0 bridgehead atoms. The van der Waals surface area contributed by atoms with Gasteiger partial charge in [0, 0.05) is 0 Å². The number of aromatic nitrogens is 3. The van der Waals surface area contributed by atoms with Gasteiger partial charge in [-0.05, 0) is 26.0 Å². The molecule has 2 rings (SSSR count). The summed E-state index contributed by atoms with van der Waals surface area (Å²) in [5.41, 5.74) is -0.0637. The summed E-state index contributed by atoms with van der Waals surface area (Å²) in [4.78, 5) is 20.3. The summed E-state index contributed by atoms with van der Waals surface area (Å²) in [6.07, 6.45) is 4.51. The molecular weight excluding hydrogens is 244 g/mol. The highest BCUT2D eigenvalue weighted by atomic mass is 16.7. The van der Waals surface area contributed by atoms with Gasteiger partial charge in [-0.2, -0.15) is 5.10 Å². The zero-order valence-electron chi connectivity index (χ0n) is 10.7. The van der Waals surface area contributed by atoms with E-state index < -0.39 is 11.5 Å². The van der Waals surface area contributed by atoms with Crippen LogP contribution < -0.4 is 0 Å². The van der Waals surface area contributed by atoms with Crippen molar-refractivity contribution in [2.75, 3.05) is 0 Å². The minimum absolute atomic E-state index is 0.457. The van der Waals surface area contributed by atoms with Crippen molar-refractivity contribution < 1.29 is 9.63 Å². The zero-order chi connectivity index (χ0) is 13.7. The lowest BCUT2D eigenvalue weighted by Crippen LogP contribution is -2.28. The predicted molar refractivity (Wildman–Crippen MR) is 69.7 cm³/mol. The minimum atomic E-state index is -0.520. The summed E-state index contributed by atoms with van der Waals surface area (Å²) in [5.74, 6) is -0.494.